The molecule has 0 N–H and O–H groups in total. The molecule has 2 aromatic rings. The smallest absolute Gasteiger partial charge is 0.201 e. The Morgan fingerprint density at radius 1 is 1.20 bits per heavy atom. The van der Waals surface area contributed by atoms with Crippen molar-refractivity contribution in [2.75, 3.05) is 0 Å². The molecule has 106 valence electrons. The van der Waals surface area contributed by atoms with Crippen molar-refractivity contribution >= 4 is 0 Å². The summed E-state index contributed by atoms with van der Waals surface area (Å²) in [5.74, 6) is -0.254. The van der Waals surface area contributed by atoms with Gasteiger partial charge in [-0.25, -0.2) is 4.57 Å². The van der Waals surface area contributed by atoms with Crippen LogP contribution in [0.5, 0.6) is 0 Å². The molecule has 0 spiro atoms. The van der Waals surface area contributed by atoms with Crippen molar-refractivity contribution in [1.29, 1.82) is 0 Å². The number of hydrogen-bond acceptors (Lipinski definition) is 0. The van der Waals surface area contributed by atoms with Crippen LogP contribution in [0.2, 0.25) is 0 Å². The van der Waals surface area contributed by atoms with E-state index < -0.39 is 12.7 Å². The summed E-state index contributed by atoms with van der Waals surface area (Å²) in [7, 11) is 1.88. The minimum absolute atomic E-state index is 0.254. The van der Waals surface area contributed by atoms with E-state index in [1.807, 2.05) is 62.7 Å². The van der Waals surface area contributed by atoms with Gasteiger partial charge in [0.15, 0.2) is 6.20 Å². The SMILES string of the molecule is [2H]C([2H])(C)c1c[n+](C)c(-c2ccccc2C)cc1C([2H])([2H])C(C)C. The molecule has 1 heteroatoms. The van der Waals surface area contributed by atoms with E-state index in [-0.39, 0.29) is 5.92 Å². The molecule has 1 aromatic carbocycles. The monoisotopic (exact) mass is 272 g/mol. The van der Waals surface area contributed by atoms with Gasteiger partial charge >= 0.3 is 0 Å². The molecule has 0 unspecified atom stereocenters. The van der Waals surface area contributed by atoms with Crippen molar-refractivity contribution in [3.05, 3.63) is 53.2 Å². The summed E-state index contributed by atoms with van der Waals surface area (Å²) >= 11 is 0. The highest BCUT2D eigenvalue weighted by atomic mass is 14.9. The predicted molar refractivity (Wildman–Crippen MR) is 85.7 cm³/mol. The molecule has 2 rings (SSSR count). The molecule has 0 bridgehead atoms. The normalized spacial score (nSPS) is 15.5. The highest BCUT2D eigenvalue weighted by Gasteiger charge is 2.16. The van der Waals surface area contributed by atoms with E-state index in [1.54, 1.807) is 6.20 Å². The van der Waals surface area contributed by atoms with E-state index in [1.165, 1.54) is 6.92 Å². The lowest BCUT2D eigenvalue weighted by Crippen LogP contribution is -2.32. The molecule has 0 aliphatic heterocycles. The van der Waals surface area contributed by atoms with Gasteiger partial charge < -0.3 is 0 Å². The van der Waals surface area contributed by atoms with E-state index >= 15 is 0 Å². The van der Waals surface area contributed by atoms with Crippen LogP contribution in [0.4, 0.5) is 0 Å². The number of aryl methyl sites for hydroxylation is 3. The molecule has 1 aromatic heterocycles. The summed E-state index contributed by atoms with van der Waals surface area (Å²) in [5.41, 5.74) is 3.86. The molecule has 0 saturated carbocycles. The molecule has 0 aliphatic rings. The second kappa shape index (κ2) is 6.21. The van der Waals surface area contributed by atoms with Gasteiger partial charge in [-0.3, -0.25) is 0 Å². The zero-order chi connectivity index (χ0) is 18.3. The van der Waals surface area contributed by atoms with Crippen LogP contribution in [-0.4, -0.2) is 0 Å². The van der Waals surface area contributed by atoms with Crippen LogP contribution in [-0.2, 0) is 19.8 Å². The Morgan fingerprint density at radius 3 is 2.50 bits per heavy atom. The Labute approximate surface area is 128 Å². The lowest BCUT2D eigenvalue weighted by Gasteiger charge is -2.12. The van der Waals surface area contributed by atoms with Crippen LogP contribution < -0.4 is 4.57 Å². The number of pyridine rings is 1. The second-order valence-electron chi connectivity index (χ2n) is 5.46. The molecule has 0 saturated heterocycles. The molecule has 0 radical (unpaired) electrons. The standard InChI is InChI=1S/C19H26N/c1-6-16-13-20(5)19(12-17(16)11-14(2)3)18-10-8-7-9-15(18)4/h7-10,12-14H,6,11H2,1-5H3/q+1/i6D2,11D2. The van der Waals surface area contributed by atoms with Crippen molar-refractivity contribution in [3.8, 4) is 11.3 Å². The average molecular weight is 272 g/mol. The van der Waals surface area contributed by atoms with Gasteiger partial charge in [0.2, 0.25) is 5.69 Å². The van der Waals surface area contributed by atoms with E-state index in [0.717, 1.165) is 16.8 Å². The molecular weight excluding hydrogens is 242 g/mol. The summed E-state index contributed by atoms with van der Waals surface area (Å²) < 4.78 is 35.2. The summed E-state index contributed by atoms with van der Waals surface area (Å²) in [6, 6.07) is 9.80. The number of benzene rings is 1. The van der Waals surface area contributed by atoms with Gasteiger partial charge in [0, 0.05) is 22.7 Å². The quantitative estimate of drug-likeness (QED) is 0.733. The highest BCUT2D eigenvalue weighted by Crippen LogP contribution is 2.23. The Bertz CT molecular complexity index is 746. The van der Waals surface area contributed by atoms with Crippen molar-refractivity contribution in [1.82, 2.24) is 0 Å². The minimum atomic E-state index is -1.61. The number of nitrogens with zero attached hydrogens (tertiary/aromatic N) is 1. The number of aromatic nitrogens is 1. The largest absolute Gasteiger partial charge is 0.212 e. The Kier molecular flexibility index (Phi) is 3.15. The van der Waals surface area contributed by atoms with E-state index in [9.17, 15) is 0 Å². The zero-order valence-electron chi connectivity index (χ0n) is 17.0. The molecule has 1 nitrogen and oxygen atoms in total. The molecule has 0 fully saturated rings. The van der Waals surface area contributed by atoms with E-state index in [2.05, 4.69) is 0 Å². The molecule has 0 amide bonds. The zero-order valence-corrected chi connectivity index (χ0v) is 13.0. The Balaban J connectivity index is 2.81. The third-order valence-electron chi connectivity index (χ3n) is 3.41. The first-order chi connectivity index (χ1) is 11.0. The Morgan fingerprint density at radius 2 is 1.90 bits per heavy atom. The summed E-state index contributed by atoms with van der Waals surface area (Å²) in [4.78, 5) is 0. The average Bonchev–Trinajstić information content (AvgIpc) is 2.46. The lowest BCUT2D eigenvalue weighted by molar-refractivity contribution is -0.660. The van der Waals surface area contributed by atoms with Crippen LogP contribution in [0.3, 0.4) is 0 Å². The third kappa shape index (κ3) is 3.09. The highest BCUT2D eigenvalue weighted by molar-refractivity contribution is 5.61. The van der Waals surface area contributed by atoms with E-state index in [0.29, 0.717) is 11.1 Å². The van der Waals surface area contributed by atoms with Gasteiger partial charge in [-0.2, -0.15) is 0 Å². The first-order valence-corrected chi connectivity index (χ1v) is 7.07. The second-order valence-corrected chi connectivity index (χ2v) is 5.46. The van der Waals surface area contributed by atoms with Gasteiger partial charge in [-0.1, -0.05) is 39.0 Å². The lowest BCUT2D eigenvalue weighted by atomic mass is 9.95. The van der Waals surface area contributed by atoms with Crippen LogP contribution in [0.25, 0.3) is 11.3 Å². The molecule has 0 atom stereocenters. The van der Waals surface area contributed by atoms with Crippen LogP contribution in [0.15, 0.2) is 36.5 Å². The summed E-state index contributed by atoms with van der Waals surface area (Å²) in [6.45, 7) is 7.17. The number of hydrogen-bond donors (Lipinski definition) is 0. The van der Waals surface area contributed by atoms with E-state index in [4.69, 9.17) is 5.48 Å². The van der Waals surface area contributed by atoms with Crippen LogP contribution in [0.1, 0.15) is 42.9 Å². The van der Waals surface area contributed by atoms with Gasteiger partial charge in [0.25, 0.3) is 0 Å². The first kappa shape index (κ1) is 10.1. The maximum Gasteiger partial charge on any atom is 0.212 e. The van der Waals surface area contributed by atoms with Crippen LogP contribution >= 0.6 is 0 Å². The van der Waals surface area contributed by atoms with Gasteiger partial charge in [-0.15, -0.1) is 0 Å². The summed E-state index contributed by atoms with van der Waals surface area (Å²) in [6.07, 6.45) is -1.48. The first-order valence-electron chi connectivity index (χ1n) is 9.07. The third-order valence-corrected chi connectivity index (χ3v) is 3.41. The molecule has 1 heterocycles. The van der Waals surface area contributed by atoms with Crippen LogP contribution in [0, 0.1) is 12.8 Å². The van der Waals surface area contributed by atoms with Gasteiger partial charge in [0.05, 0.1) is 0 Å². The minimum Gasteiger partial charge on any atom is -0.201 e. The fraction of sp³-hybridized carbons (Fsp3) is 0.421. The fourth-order valence-corrected chi connectivity index (χ4v) is 2.41. The fourth-order valence-electron chi connectivity index (χ4n) is 2.41. The maximum atomic E-state index is 8.52. The van der Waals surface area contributed by atoms with Gasteiger partial charge in [0.1, 0.15) is 7.05 Å². The molecule has 20 heavy (non-hydrogen) atoms. The maximum absolute atomic E-state index is 8.52. The topological polar surface area (TPSA) is 3.88 Å². The Hall–Kier alpha value is -1.63. The van der Waals surface area contributed by atoms with Crippen molar-refractivity contribution in [2.24, 2.45) is 13.0 Å². The molecular formula is C19H26N+. The van der Waals surface area contributed by atoms with Crippen molar-refractivity contribution < 1.29 is 10.1 Å². The van der Waals surface area contributed by atoms with Crippen molar-refractivity contribution in [3.63, 3.8) is 0 Å². The summed E-state index contributed by atoms with van der Waals surface area (Å²) in [5, 5.41) is 0. The predicted octanol–water partition coefficient (Wildman–Crippen LogP) is 4.25. The van der Waals surface area contributed by atoms with Crippen molar-refractivity contribution in [2.45, 2.75) is 40.4 Å². The number of rotatable bonds is 4. The molecule has 0 aliphatic carbocycles. The van der Waals surface area contributed by atoms with Gasteiger partial charge in [-0.05, 0) is 42.8 Å².